The van der Waals surface area contributed by atoms with Crippen LogP contribution in [-0.2, 0) is 4.79 Å². The lowest BCUT2D eigenvalue weighted by Crippen LogP contribution is -2.47. The van der Waals surface area contributed by atoms with Crippen LogP contribution < -0.4 is 10.2 Å². The molecule has 0 bridgehead atoms. The molecule has 1 N–H and O–H groups in total. The molecular formula is C21H30FN3O. The summed E-state index contributed by atoms with van der Waals surface area (Å²) in [5, 5.41) is 2.66. The summed E-state index contributed by atoms with van der Waals surface area (Å²) >= 11 is 0. The maximum Gasteiger partial charge on any atom is 0.243 e. The second kappa shape index (κ2) is 9.17. The Balaban J connectivity index is 1.38. The third-order valence-corrected chi connectivity index (χ3v) is 5.75. The van der Waals surface area contributed by atoms with Gasteiger partial charge in [-0.3, -0.25) is 9.69 Å². The quantitative estimate of drug-likeness (QED) is 0.820. The van der Waals surface area contributed by atoms with Gasteiger partial charge in [0.25, 0.3) is 0 Å². The van der Waals surface area contributed by atoms with Crippen molar-refractivity contribution < 1.29 is 9.18 Å². The molecule has 1 heterocycles. The molecule has 1 aromatic carbocycles. The predicted molar refractivity (Wildman–Crippen MR) is 104 cm³/mol. The molecule has 0 unspecified atom stereocenters. The Kier molecular flexibility index (Phi) is 6.67. The number of para-hydroxylation sites is 1. The van der Waals surface area contributed by atoms with E-state index in [1.54, 1.807) is 19.2 Å². The highest BCUT2D eigenvalue weighted by atomic mass is 19.1. The van der Waals surface area contributed by atoms with E-state index < -0.39 is 0 Å². The van der Waals surface area contributed by atoms with Gasteiger partial charge in [0, 0.05) is 39.3 Å². The highest BCUT2D eigenvalue weighted by molar-refractivity contribution is 5.87. The molecule has 1 aliphatic carbocycles. The third-order valence-electron chi connectivity index (χ3n) is 5.75. The Bertz CT molecular complexity index is 628. The monoisotopic (exact) mass is 359 g/mol. The number of benzene rings is 1. The van der Waals surface area contributed by atoms with Crippen LogP contribution in [0.4, 0.5) is 10.1 Å². The van der Waals surface area contributed by atoms with E-state index in [1.807, 2.05) is 12.1 Å². The van der Waals surface area contributed by atoms with Crippen molar-refractivity contribution in [1.82, 2.24) is 10.2 Å². The van der Waals surface area contributed by atoms with E-state index in [0.29, 0.717) is 0 Å². The minimum absolute atomic E-state index is 0.0196. The lowest BCUT2D eigenvalue weighted by Gasteiger charge is -2.37. The topological polar surface area (TPSA) is 35.6 Å². The van der Waals surface area contributed by atoms with Crippen molar-refractivity contribution in [3.63, 3.8) is 0 Å². The lowest BCUT2D eigenvalue weighted by molar-refractivity contribution is -0.116. The van der Waals surface area contributed by atoms with Crippen molar-refractivity contribution in [3.8, 4) is 0 Å². The van der Waals surface area contributed by atoms with Crippen LogP contribution in [0, 0.1) is 11.7 Å². The molecule has 26 heavy (non-hydrogen) atoms. The zero-order valence-electron chi connectivity index (χ0n) is 15.7. The number of carbonyl (C=O) groups is 1. The summed E-state index contributed by atoms with van der Waals surface area (Å²) in [6.07, 6.45) is 7.50. The van der Waals surface area contributed by atoms with E-state index in [-0.39, 0.29) is 11.7 Å². The lowest BCUT2D eigenvalue weighted by atomic mass is 9.83. The molecule has 5 heteroatoms. The molecule has 2 fully saturated rings. The zero-order valence-corrected chi connectivity index (χ0v) is 15.7. The number of halogens is 1. The van der Waals surface area contributed by atoms with Crippen LogP contribution in [0.15, 0.2) is 35.9 Å². The Labute approximate surface area is 156 Å². The molecule has 1 saturated carbocycles. The van der Waals surface area contributed by atoms with Gasteiger partial charge >= 0.3 is 0 Å². The van der Waals surface area contributed by atoms with Crippen LogP contribution in [-0.4, -0.2) is 50.6 Å². The van der Waals surface area contributed by atoms with Crippen molar-refractivity contribution in [2.75, 3.05) is 44.7 Å². The summed E-state index contributed by atoms with van der Waals surface area (Å²) in [5.41, 5.74) is 2.02. The number of piperazine rings is 1. The van der Waals surface area contributed by atoms with Crippen molar-refractivity contribution in [1.29, 1.82) is 0 Å². The maximum atomic E-state index is 13.9. The van der Waals surface area contributed by atoms with E-state index in [4.69, 9.17) is 0 Å². The van der Waals surface area contributed by atoms with Crippen molar-refractivity contribution >= 4 is 11.6 Å². The number of anilines is 1. The average molecular weight is 359 g/mol. The van der Waals surface area contributed by atoms with Gasteiger partial charge in [0.1, 0.15) is 5.82 Å². The highest BCUT2D eigenvalue weighted by Crippen LogP contribution is 2.30. The van der Waals surface area contributed by atoms with Gasteiger partial charge < -0.3 is 10.2 Å². The van der Waals surface area contributed by atoms with Gasteiger partial charge in [-0.15, -0.1) is 0 Å². The molecule has 2 aliphatic rings. The van der Waals surface area contributed by atoms with Crippen LogP contribution in [0.25, 0.3) is 0 Å². The van der Waals surface area contributed by atoms with Crippen molar-refractivity contribution in [2.24, 2.45) is 5.92 Å². The second-order valence-corrected chi connectivity index (χ2v) is 7.43. The molecule has 1 amide bonds. The number of carbonyl (C=O) groups excluding carboxylic acids is 1. The molecule has 0 aromatic heterocycles. The largest absolute Gasteiger partial charge is 0.367 e. The van der Waals surface area contributed by atoms with Crippen LogP contribution >= 0.6 is 0 Å². The van der Waals surface area contributed by atoms with Gasteiger partial charge in [0.05, 0.1) is 5.69 Å². The summed E-state index contributed by atoms with van der Waals surface area (Å²) in [5.74, 6) is 0.663. The summed E-state index contributed by atoms with van der Waals surface area (Å²) in [6, 6.07) is 7.06. The minimum atomic E-state index is -0.122. The molecule has 0 atom stereocenters. The maximum absolute atomic E-state index is 13.9. The molecule has 1 saturated heterocycles. The van der Waals surface area contributed by atoms with Gasteiger partial charge in [-0.25, -0.2) is 4.39 Å². The van der Waals surface area contributed by atoms with E-state index in [0.717, 1.165) is 57.2 Å². The van der Waals surface area contributed by atoms with E-state index >= 15 is 0 Å². The Morgan fingerprint density at radius 2 is 1.88 bits per heavy atom. The summed E-state index contributed by atoms with van der Waals surface area (Å²) < 4.78 is 13.9. The smallest absolute Gasteiger partial charge is 0.243 e. The first-order valence-corrected chi connectivity index (χ1v) is 9.78. The molecule has 1 aromatic rings. The van der Waals surface area contributed by atoms with Crippen LogP contribution in [0.5, 0.6) is 0 Å². The number of rotatable bonds is 5. The Morgan fingerprint density at radius 1 is 1.19 bits per heavy atom. The fourth-order valence-corrected chi connectivity index (χ4v) is 4.02. The third kappa shape index (κ3) is 5.07. The average Bonchev–Trinajstić information content (AvgIpc) is 2.68. The van der Waals surface area contributed by atoms with Gasteiger partial charge in [0.15, 0.2) is 0 Å². The summed E-state index contributed by atoms with van der Waals surface area (Å²) in [6.45, 7) is 4.92. The van der Waals surface area contributed by atoms with Crippen molar-refractivity contribution in [3.05, 3.63) is 41.7 Å². The molecular weight excluding hydrogens is 329 g/mol. The molecule has 3 rings (SSSR count). The predicted octanol–water partition coefficient (Wildman–Crippen LogP) is 3.20. The Morgan fingerprint density at radius 3 is 2.54 bits per heavy atom. The molecule has 4 nitrogen and oxygen atoms in total. The number of hydrogen-bond donors (Lipinski definition) is 1. The van der Waals surface area contributed by atoms with Crippen LogP contribution in [0.3, 0.4) is 0 Å². The van der Waals surface area contributed by atoms with E-state index in [1.165, 1.54) is 30.9 Å². The van der Waals surface area contributed by atoms with Gasteiger partial charge in [-0.1, -0.05) is 17.7 Å². The first-order chi connectivity index (χ1) is 12.7. The standard InChI is InChI=1S/C21H30FN3O/c1-23-21(26)16-18-8-6-17(7-9-18)10-11-24-12-14-25(15-13-24)20-5-3-2-4-19(20)22/h2-5,16-17H,6-15H2,1H3,(H,23,26). The van der Waals surface area contributed by atoms with Crippen LogP contribution in [0.2, 0.25) is 0 Å². The fraction of sp³-hybridized carbons (Fsp3) is 0.571. The number of nitrogens with zero attached hydrogens (tertiary/aromatic N) is 2. The highest BCUT2D eigenvalue weighted by Gasteiger charge is 2.21. The molecule has 1 aliphatic heterocycles. The zero-order chi connectivity index (χ0) is 18.4. The number of hydrogen-bond acceptors (Lipinski definition) is 3. The SMILES string of the molecule is CNC(=O)C=C1CCC(CCN2CCN(c3ccccc3F)CC2)CC1. The number of nitrogens with one attached hydrogen (secondary N) is 1. The second-order valence-electron chi connectivity index (χ2n) is 7.43. The normalized spacial score (nSPS) is 21.5. The number of likely N-dealkylation sites (N-methyl/N-ethyl adjacent to an activating group) is 1. The molecule has 0 spiro atoms. The Hall–Kier alpha value is -1.88. The van der Waals surface area contributed by atoms with Crippen molar-refractivity contribution in [2.45, 2.75) is 32.1 Å². The van der Waals surface area contributed by atoms with Gasteiger partial charge in [0.2, 0.25) is 5.91 Å². The summed E-state index contributed by atoms with van der Waals surface area (Å²) in [7, 11) is 1.68. The van der Waals surface area contributed by atoms with Gasteiger partial charge in [-0.05, 0) is 56.7 Å². The number of allylic oxidation sites excluding steroid dienone is 1. The first kappa shape index (κ1) is 18.9. The molecule has 0 radical (unpaired) electrons. The van der Waals surface area contributed by atoms with E-state index in [9.17, 15) is 9.18 Å². The van der Waals surface area contributed by atoms with Gasteiger partial charge in [-0.2, -0.15) is 0 Å². The fourth-order valence-electron chi connectivity index (χ4n) is 4.02. The number of amides is 1. The minimum Gasteiger partial charge on any atom is -0.367 e. The molecule has 142 valence electrons. The van der Waals surface area contributed by atoms with Crippen LogP contribution in [0.1, 0.15) is 32.1 Å². The first-order valence-electron chi connectivity index (χ1n) is 9.78. The van der Waals surface area contributed by atoms with E-state index in [2.05, 4.69) is 15.1 Å². The summed E-state index contributed by atoms with van der Waals surface area (Å²) in [4.78, 5) is 16.1.